The van der Waals surface area contributed by atoms with Crippen LogP contribution >= 0.6 is 12.2 Å². The number of halogens is 3. The molecule has 1 rings (SSSR count). The quantitative estimate of drug-likeness (QED) is 0.504. The molecule has 0 saturated carbocycles. The minimum atomic E-state index is -4.72. The minimum absolute atomic E-state index is 0.0306. The van der Waals surface area contributed by atoms with E-state index in [2.05, 4.69) is 10.6 Å². The third-order valence-corrected chi connectivity index (χ3v) is 2.68. The van der Waals surface area contributed by atoms with Crippen molar-refractivity contribution in [2.75, 3.05) is 11.9 Å². The lowest BCUT2D eigenvalue weighted by molar-refractivity contribution is -0.385. The van der Waals surface area contributed by atoms with Gasteiger partial charge in [-0.15, -0.1) is 0 Å². The summed E-state index contributed by atoms with van der Waals surface area (Å²) < 4.78 is 38.8. The van der Waals surface area contributed by atoms with Gasteiger partial charge in [-0.05, 0) is 24.2 Å². The summed E-state index contributed by atoms with van der Waals surface area (Å²) >= 11 is 4.90. The molecule has 1 aromatic carbocycles. The number of rotatable bonds is 4. The average molecular weight is 321 g/mol. The van der Waals surface area contributed by atoms with Gasteiger partial charge in [0, 0.05) is 18.7 Å². The predicted octanol–water partition coefficient (Wildman–Crippen LogP) is 3.56. The van der Waals surface area contributed by atoms with E-state index in [1.54, 1.807) is 0 Å². The lowest BCUT2D eigenvalue weighted by atomic mass is 10.1. The Labute approximate surface area is 124 Å². The Morgan fingerprint density at radius 3 is 2.52 bits per heavy atom. The summed E-state index contributed by atoms with van der Waals surface area (Å²) in [7, 11) is 0. The highest BCUT2D eigenvalue weighted by Gasteiger charge is 2.35. The first-order valence-corrected chi connectivity index (χ1v) is 6.42. The lowest BCUT2D eigenvalue weighted by Crippen LogP contribution is -2.32. The van der Waals surface area contributed by atoms with Crippen molar-refractivity contribution < 1.29 is 18.1 Å². The minimum Gasteiger partial charge on any atom is -0.362 e. The van der Waals surface area contributed by atoms with Gasteiger partial charge in [-0.1, -0.05) is 13.8 Å². The Morgan fingerprint density at radius 2 is 2.05 bits per heavy atom. The normalized spacial score (nSPS) is 11.3. The second-order valence-electron chi connectivity index (χ2n) is 4.71. The summed E-state index contributed by atoms with van der Waals surface area (Å²) in [6.45, 7) is 4.34. The molecule has 5 nitrogen and oxygen atoms in total. The maximum Gasteiger partial charge on any atom is 0.418 e. The van der Waals surface area contributed by atoms with E-state index >= 15 is 0 Å². The SMILES string of the molecule is CC(C)CNC(=S)Nc1ccc([N+](=O)[O-])cc1C(F)(F)F. The molecule has 0 atom stereocenters. The highest BCUT2D eigenvalue weighted by molar-refractivity contribution is 7.80. The second-order valence-corrected chi connectivity index (χ2v) is 5.12. The van der Waals surface area contributed by atoms with Crippen molar-refractivity contribution in [1.82, 2.24) is 5.32 Å². The topological polar surface area (TPSA) is 67.2 Å². The maximum atomic E-state index is 12.9. The van der Waals surface area contributed by atoms with E-state index < -0.39 is 22.4 Å². The summed E-state index contributed by atoms with van der Waals surface area (Å²) in [5.74, 6) is 0.267. The molecule has 0 heterocycles. The van der Waals surface area contributed by atoms with Crippen LogP contribution in [0.25, 0.3) is 0 Å². The first kappa shape index (κ1) is 17.2. The average Bonchev–Trinajstić information content (AvgIpc) is 2.35. The second kappa shape index (κ2) is 6.70. The van der Waals surface area contributed by atoms with Gasteiger partial charge in [0.1, 0.15) is 0 Å². The molecule has 116 valence electrons. The Kier molecular flexibility index (Phi) is 5.47. The third kappa shape index (κ3) is 5.18. The van der Waals surface area contributed by atoms with Gasteiger partial charge >= 0.3 is 6.18 Å². The van der Waals surface area contributed by atoms with Crippen molar-refractivity contribution in [3.63, 3.8) is 0 Å². The number of non-ortho nitro benzene ring substituents is 1. The number of hydrogen-bond donors (Lipinski definition) is 2. The van der Waals surface area contributed by atoms with Crippen LogP contribution < -0.4 is 10.6 Å². The summed E-state index contributed by atoms with van der Waals surface area (Å²) in [6.07, 6.45) is -4.72. The Hall–Kier alpha value is -1.90. The smallest absolute Gasteiger partial charge is 0.362 e. The Balaban J connectivity index is 3.01. The van der Waals surface area contributed by atoms with Gasteiger partial charge in [0.05, 0.1) is 16.2 Å². The molecule has 0 aliphatic heterocycles. The van der Waals surface area contributed by atoms with Crippen molar-refractivity contribution >= 4 is 28.7 Å². The van der Waals surface area contributed by atoms with Crippen molar-refractivity contribution in [2.24, 2.45) is 5.92 Å². The van der Waals surface area contributed by atoms with Crippen LogP contribution in [0.15, 0.2) is 18.2 Å². The van der Waals surface area contributed by atoms with E-state index in [1.807, 2.05) is 13.8 Å². The van der Waals surface area contributed by atoms with Gasteiger partial charge in [-0.2, -0.15) is 13.2 Å². The molecule has 0 aromatic heterocycles. The van der Waals surface area contributed by atoms with Crippen LogP contribution in [0.2, 0.25) is 0 Å². The van der Waals surface area contributed by atoms with E-state index in [0.717, 1.165) is 12.1 Å². The molecule has 0 spiro atoms. The predicted molar refractivity (Wildman–Crippen MR) is 77.2 cm³/mol. The molecule has 0 amide bonds. The molecule has 1 aromatic rings. The molecule has 0 saturated heterocycles. The van der Waals surface area contributed by atoms with Crippen LogP contribution in [0.4, 0.5) is 24.5 Å². The van der Waals surface area contributed by atoms with Gasteiger partial charge in [0.2, 0.25) is 0 Å². The molecular weight excluding hydrogens is 307 g/mol. The number of anilines is 1. The molecular formula is C12H14F3N3O2S. The molecule has 9 heteroatoms. The number of alkyl halides is 3. The van der Waals surface area contributed by atoms with Crippen LogP contribution in [0.3, 0.4) is 0 Å². The van der Waals surface area contributed by atoms with Gasteiger partial charge in [-0.25, -0.2) is 0 Å². The van der Waals surface area contributed by atoms with Gasteiger partial charge in [-0.3, -0.25) is 10.1 Å². The molecule has 0 radical (unpaired) electrons. The number of hydrogen-bond acceptors (Lipinski definition) is 3. The van der Waals surface area contributed by atoms with E-state index in [4.69, 9.17) is 12.2 Å². The fourth-order valence-corrected chi connectivity index (χ4v) is 1.65. The van der Waals surface area contributed by atoms with E-state index in [1.165, 1.54) is 0 Å². The number of nitro benzene ring substituents is 1. The van der Waals surface area contributed by atoms with Crippen LogP contribution in [0, 0.1) is 16.0 Å². The molecule has 2 N–H and O–H groups in total. The molecule has 0 fully saturated rings. The Bertz CT molecular complexity index is 547. The van der Waals surface area contributed by atoms with Crippen LogP contribution in [0.1, 0.15) is 19.4 Å². The number of thiocarbonyl (C=S) groups is 1. The number of nitro groups is 1. The Morgan fingerprint density at radius 1 is 1.43 bits per heavy atom. The zero-order valence-electron chi connectivity index (χ0n) is 11.3. The fraction of sp³-hybridized carbons (Fsp3) is 0.417. The molecule has 0 bridgehead atoms. The largest absolute Gasteiger partial charge is 0.418 e. The van der Waals surface area contributed by atoms with E-state index in [0.29, 0.717) is 12.6 Å². The summed E-state index contributed by atoms with van der Waals surface area (Å²) in [6, 6.07) is 2.46. The highest BCUT2D eigenvalue weighted by Crippen LogP contribution is 2.37. The zero-order chi connectivity index (χ0) is 16.2. The van der Waals surface area contributed by atoms with E-state index in [-0.39, 0.29) is 16.7 Å². The van der Waals surface area contributed by atoms with Crippen LogP contribution in [0.5, 0.6) is 0 Å². The van der Waals surface area contributed by atoms with Crippen LogP contribution in [-0.4, -0.2) is 16.6 Å². The standard InChI is InChI=1S/C12H14F3N3O2S/c1-7(2)6-16-11(21)17-10-4-3-8(18(19)20)5-9(10)12(13,14)15/h3-5,7H,6H2,1-2H3,(H2,16,17,21). The third-order valence-electron chi connectivity index (χ3n) is 2.44. The van der Waals surface area contributed by atoms with Crippen molar-refractivity contribution in [2.45, 2.75) is 20.0 Å². The number of nitrogens with one attached hydrogen (secondary N) is 2. The lowest BCUT2D eigenvalue weighted by Gasteiger charge is -2.16. The highest BCUT2D eigenvalue weighted by atomic mass is 32.1. The summed E-state index contributed by atoms with van der Waals surface area (Å²) in [5, 5.41) is 15.8. The van der Waals surface area contributed by atoms with Crippen molar-refractivity contribution in [1.29, 1.82) is 0 Å². The molecule has 0 aliphatic carbocycles. The van der Waals surface area contributed by atoms with E-state index in [9.17, 15) is 23.3 Å². The van der Waals surface area contributed by atoms with Gasteiger partial charge in [0.15, 0.2) is 5.11 Å². The van der Waals surface area contributed by atoms with Crippen molar-refractivity contribution in [3.8, 4) is 0 Å². The van der Waals surface area contributed by atoms with Gasteiger partial charge < -0.3 is 10.6 Å². The van der Waals surface area contributed by atoms with Crippen molar-refractivity contribution in [3.05, 3.63) is 33.9 Å². The number of benzene rings is 1. The molecule has 0 unspecified atom stereocenters. The summed E-state index contributed by atoms with van der Waals surface area (Å²) in [5.41, 5.74) is -2.09. The number of nitrogens with zero attached hydrogens (tertiary/aromatic N) is 1. The van der Waals surface area contributed by atoms with Crippen LogP contribution in [-0.2, 0) is 6.18 Å². The van der Waals surface area contributed by atoms with Gasteiger partial charge in [0.25, 0.3) is 5.69 Å². The molecule has 21 heavy (non-hydrogen) atoms. The maximum absolute atomic E-state index is 12.9. The first-order valence-electron chi connectivity index (χ1n) is 6.01. The fourth-order valence-electron chi connectivity index (χ4n) is 1.45. The summed E-state index contributed by atoms with van der Waals surface area (Å²) in [4.78, 5) is 9.69. The molecule has 0 aliphatic rings. The first-order chi connectivity index (χ1) is 9.61. The zero-order valence-corrected chi connectivity index (χ0v) is 12.1. The monoisotopic (exact) mass is 321 g/mol.